The number of hydrogen-bond acceptors (Lipinski definition) is 4. The molecule has 0 spiro atoms. The van der Waals surface area contributed by atoms with E-state index in [9.17, 15) is 10.1 Å². The lowest BCUT2D eigenvalue weighted by Crippen LogP contribution is -2.13. The predicted octanol–water partition coefficient (Wildman–Crippen LogP) is 9.00. The van der Waals surface area contributed by atoms with Gasteiger partial charge in [-0.2, -0.15) is 5.26 Å². The third kappa shape index (κ3) is 8.16. The number of rotatable bonds is 9. The Morgan fingerprint density at radius 2 is 1.23 bits per heavy atom. The van der Waals surface area contributed by atoms with Crippen LogP contribution in [0.3, 0.4) is 0 Å². The van der Waals surface area contributed by atoms with Crippen molar-refractivity contribution in [3.05, 3.63) is 127 Å². The molecule has 4 aromatic carbocycles. The predicted molar refractivity (Wildman–Crippen MR) is 157 cm³/mol. The first-order valence-electron chi connectivity index (χ1n) is 11.6. The molecule has 0 radical (unpaired) electrons. The van der Waals surface area contributed by atoms with Crippen molar-refractivity contribution in [1.29, 1.82) is 5.26 Å². The summed E-state index contributed by atoms with van der Waals surface area (Å²) in [4.78, 5) is 12.7. The Hall–Kier alpha value is -3.66. The van der Waals surface area contributed by atoms with E-state index in [0.29, 0.717) is 42.8 Å². The Bertz CT molecular complexity index is 1550. The van der Waals surface area contributed by atoms with E-state index < -0.39 is 5.91 Å². The largest absolute Gasteiger partial charge is 0.489 e. The molecule has 1 N–H and O–H groups in total. The van der Waals surface area contributed by atoms with Crippen LogP contribution in [0.2, 0.25) is 20.1 Å². The van der Waals surface area contributed by atoms with Crippen LogP contribution in [0.1, 0.15) is 16.7 Å². The summed E-state index contributed by atoms with van der Waals surface area (Å²) in [5.74, 6) is 0.675. The number of carbonyl (C=O) groups is 1. The van der Waals surface area contributed by atoms with E-state index in [1.165, 1.54) is 6.08 Å². The zero-order valence-corrected chi connectivity index (χ0v) is 23.3. The average molecular weight is 598 g/mol. The quantitative estimate of drug-likeness (QED) is 0.154. The number of nitrogens with one attached hydrogen (secondary N) is 1. The summed E-state index contributed by atoms with van der Waals surface area (Å²) in [7, 11) is 0. The Labute approximate surface area is 246 Å². The Balaban J connectivity index is 1.32. The van der Waals surface area contributed by atoms with Gasteiger partial charge in [0.1, 0.15) is 36.4 Å². The summed E-state index contributed by atoms with van der Waals surface area (Å²) in [6.07, 6.45) is 1.50. The van der Waals surface area contributed by atoms with Gasteiger partial charge in [-0.1, -0.05) is 70.7 Å². The molecule has 9 heteroatoms. The number of nitriles is 1. The van der Waals surface area contributed by atoms with Crippen LogP contribution in [-0.4, -0.2) is 5.91 Å². The van der Waals surface area contributed by atoms with Gasteiger partial charge in [-0.05, 0) is 72.3 Å². The second-order valence-electron chi connectivity index (χ2n) is 8.27. The number of ether oxygens (including phenoxy) is 2. The molecule has 0 aliphatic rings. The van der Waals surface area contributed by atoms with Crippen molar-refractivity contribution in [3.8, 4) is 17.6 Å². The standard InChI is InChI=1S/C30H20Cl4N2O3/c31-23-5-3-20(28(33)14-23)17-38-26-9-1-19(2-10-26)13-22(16-35)30(37)36-25-7-11-27(12-8-25)39-18-21-4-6-24(32)15-29(21)34/h1-15H,17-18H2,(H,36,37)/b22-13+. The summed E-state index contributed by atoms with van der Waals surface area (Å²) >= 11 is 24.2. The smallest absolute Gasteiger partial charge is 0.266 e. The first-order valence-corrected chi connectivity index (χ1v) is 13.1. The maximum absolute atomic E-state index is 12.7. The number of amides is 1. The molecular weight excluding hydrogens is 578 g/mol. The summed E-state index contributed by atoms with van der Waals surface area (Å²) in [6.45, 7) is 0.539. The highest BCUT2D eigenvalue weighted by atomic mass is 35.5. The summed E-state index contributed by atoms with van der Waals surface area (Å²) < 4.78 is 11.5. The van der Waals surface area contributed by atoms with Gasteiger partial charge in [0.25, 0.3) is 5.91 Å². The van der Waals surface area contributed by atoms with Crippen LogP contribution in [0.5, 0.6) is 11.5 Å². The van der Waals surface area contributed by atoms with Crippen molar-refractivity contribution in [2.24, 2.45) is 0 Å². The number of hydrogen-bond donors (Lipinski definition) is 1. The van der Waals surface area contributed by atoms with Gasteiger partial charge in [0.2, 0.25) is 0 Å². The highest BCUT2D eigenvalue weighted by Crippen LogP contribution is 2.25. The number of anilines is 1. The minimum Gasteiger partial charge on any atom is -0.489 e. The van der Waals surface area contributed by atoms with Crippen LogP contribution < -0.4 is 14.8 Å². The molecule has 4 aromatic rings. The highest BCUT2D eigenvalue weighted by molar-refractivity contribution is 6.35. The van der Waals surface area contributed by atoms with Crippen molar-refractivity contribution in [3.63, 3.8) is 0 Å². The van der Waals surface area contributed by atoms with Crippen LogP contribution in [-0.2, 0) is 18.0 Å². The van der Waals surface area contributed by atoms with Crippen LogP contribution in [0.15, 0.2) is 90.5 Å². The fourth-order valence-corrected chi connectivity index (χ4v) is 4.33. The monoisotopic (exact) mass is 596 g/mol. The van der Waals surface area contributed by atoms with E-state index in [-0.39, 0.29) is 18.8 Å². The van der Waals surface area contributed by atoms with Gasteiger partial charge in [-0.15, -0.1) is 0 Å². The minimum absolute atomic E-state index is 0.0469. The number of carbonyl (C=O) groups excluding carboxylic acids is 1. The molecule has 0 fully saturated rings. The Morgan fingerprint density at radius 1 is 0.744 bits per heavy atom. The SMILES string of the molecule is N#C/C(=C\c1ccc(OCc2ccc(Cl)cc2Cl)cc1)C(=O)Nc1ccc(OCc2ccc(Cl)cc2Cl)cc1. The average Bonchev–Trinajstić information content (AvgIpc) is 2.92. The van der Waals surface area contributed by atoms with Gasteiger partial charge in [0.05, 0.1) is 0 Å². The highest BCUT2D eigenvalue weighted by Gasteiger charge is 2.10. The molecule has 0 saturated heterocycles. The topological polar surface area (TPSA) is 71.3 Å². The fourth-order valence-electron chi connectivity index (χ4n) is 3.41. The normalized spacial score (nSPS) is 11.0. The van der Waals surface area contributed by atoms with Gasteiger partial charge >= 0.3 is 0 Å². The number of nitrogens with zero attached hydrogens (tertiary/aromatic N) is 1. The lowest BCUT2D eigenvalue weighted by Gasteiger charge is -2.10. The Kier molecular flexibility index (Phi) is 9.75. The molecule has 0 atom stereocenters. The van der Waals surface area contributed by atoms with E-state index in [1.54, 1.807) is 84.9 Å². The molecular formula is C30H20Cl4N2O3. The van der Waals surface area contributed by atoms with Crippen molar-refractivity contribution in [2.45, 2.75) is 13.2 Å². The lowest BCUT2D eigenvalue weighted by molar-refractivity contribution is -0.112. The van der Waals surface area contributed by atoms with Crippen LogP contribution >= 0.6 is 46.4 Å². The maximum atomic E-state index is 12.7. The van der Waals surface area contributed by atoms with Crippen molar-refractivity contribution in [2.75, 3.05) is 5.32 Å². The molecule has 39 heavy (non-hydrogen) atoms. The molecule has 5 nitrogen and oxygen atoms in total. The first-order chi connectivity index (χ1) is 18.8. The molecule has 0 unspecified atom stereocenters. The number of benzene rings is 4. The third-order valence-electron chi connectivity index (χ3n) is 5.49. The summed E-state index contributed by atoms with van der Waals surface area (Å²) in [5.41, 5.74) is 2.74. The zero-order valence-electron chi connectivity index (χ0n) is 20.3. The first kappa shape index (κ1) is 28.4. The van der Waals surface area contributed by atoms with E-state index in [0.717, 1.165) is 11.1 Å². The molecule has 4 rings (SSSR count). The maximum Gasteiger partial charge on any atom is 0.266 e. The van der Waals surface area contributed by atoms with Gasteiger partial charge in [-0.3, -0.25) is 4.79 Å². The van der Waals surface area contributed by atoms with Crippen molar-refractivity contribution in [1.82, 2.24) is 0 Å². The van der Waals surface area contributed by atoms with Crippen LogP contribution in [0.4, 0.5) is 5.69 Å². The van der Waals surface area contributed by atoms with Gasteiger partial charge in [0.15, 0.2) is 0 Å². The van der Waals surface area contributed by atoms with E-state index in [1.807, 2.05) is 6.07 Å². The van der Waals surface area contributed by atoms with Crippen LogP contribution in [0.25, 0.3) is 6.08 Å². The van der Waals surface area contributed by atoms with Crippen molar-refractivity contribution >= 4 is 64.1 Å². The molecule has 0 aliphatic carbocycles. The molecule has 0 aliphatic heterocycles. The minimum atomic E-state index is -0.531. The molecule has 0 saturated carbocycles. The summed E-state index contributed by atoms with van der Waals surface area (Å²) in [6, 6.07) is 26.2. The molecule has 1 amide bonds. The summed E-state index contributed by atoms with van der Waals surface area (Å²) in [5, 5.41) is 14.4. The van der Waals surface area contributed by atoms with E-state index in [4.69, 9.17) is 55.9 Å². The molecule has 0 heterocycles. The molecule has 196 valence electrons. The third-order valence-corrected chi connectivity index (χ3v) is 6.66. The van der Waals surface area contributed by atoms with Gasteiger partial charge in [0, 0.05) is 36.9 Å². The molecule has 0 aromatic heterocycles. The zero-order chi connectivity index (χ0) is 27.8. The fraction of sp³-hybridized carbons (Fsp3) is 0.0667. The molecule has 0 bridgehead atoms. The van der Waals surface area contributed by atoms with Crippen LogP contribution in [0, 0.1) is 11.3 Å². The van der Waals surface area contributed by atoms with Gasteiger partial charge < -0.3 is 14.8 Å². The van der Waals surface area contributed by atoms with E-state index >= 15 is 0 Å². The second-order valence-corrected chi connectivity index (χ2v) is 9.95. The Morgan fingerprint density at radius 3 is 1.69 bits per heavy atom. The van der Waals surface area contributed by atoms with Crippen molar-refractivity contribution < 1.29 is 14.3 Å². The van der Waals surface area contributed by atoms with E-state index in [2.05, 4.69) is 5.32 Å². The van der Waals surface area contributed by atoms with Gasteiger partial charge in [-0.25, -0.2) is 0 Å². The lowest BCUT2D eigenvalue weighted by atomic mass is 10.1. The second kappa shape index (κ2) is 13.4. The number of halogens is 4.